The number of aromatic nitrogens is 3. The first-order valence-corrected chi connectivity index (χ1v) is 6.54. The Morgan fingerprint density at radius 3 is 2.55 bits per heavy atom. The molecule has 2 aromatic heterocycles. The van der Waals surface area contributed by atoms with Crippen LogP contribution in [0.4, 0.5) is 0 Å². The van der Waals surface area contributed by atoms with E-state index in [2.05, 4.69) is 22.0 Å². The van der Waals surface area contributed by atoms with Crippen molar-refractivity contribution in [2.45, 2.75) is 6.92 Å². The topological polar surface area (TPSA) is 45.6 Å². The number of nitrogens with one attached hydrogen (secondary N) is 1. The second-order valence-electron chi connectivity index (χ2n) is 4.00. The molecular formula is C12H20Cl2N4OS. The number of rotatable bonds is 1. The summed E-state index contributed by atoms with van der Waals surface area (Å²) in [6.45, 7) is 7.45. The minimum absolute atomic E-state index is 0. The van der Waals surface area contributed by atoms with E-state index in [0.717, 1.165) is 32.0 Å². The molecule has 0 aliphatic carbocycles. The van der Waals surface area contributed by atoms with Crippen LogP contribution in [0.3, 0.4) is 0 Å². The molecule has 0 atom stereocenters. The van der Waals surface area contributed by atoms with Crippen LogP contribution in [0.15, 0.2) is 24.4 Å². The van der Waals surface area contributed by atoms with E-state index in [1.54, 1.807) is 0 Å². The Morgan fingerprint density at radius 1 is 1.30 bits per heavy atom. The van der Waals surface area contributed by atoms with Gasteiger partial charge in [-0.1, -0.05) is 13.0 Å². The third kappa shape index (κ3) is 5.38. The number of H-pyrrole nitrogens is 1. The highest BCUT2D eigenvalue weighted by Crippen LogP contribution is 1.97. The number of hydrogen-bond donors (Lipinski definition) is 1. The Kier molecular flexibility index (Phi) is 9.79. The zero-order chi connectivity index (χ0) is 12.8. The second kappa shape index (κ2) is 10.1. The molecule has 0 unspecified atom stereocenters. The standard InChI is InChI=1S/C6H5N3S.C6H13NO.2ClH/c10-6-8-7-5-3-1-2-4-9(5)6;1-2-7-3-5-8-6-4-7;;/h1-4H,(H,8,10);2-6H2,1H3;2*1H. The molecule has 1 fully saturated rings. The molecule has 0 amide bonds. The minimum Gasteiger partial charge on any atom is -0.379 e. The summed E-state index contributed by atoms with van der Waals surface area (Å²) >= 11 is 4.93. The van der Waals surface area contributed by atoms with E-state index in [1.807, 2.05) is 28.8 Å². The van der Waals surface area contributed by atoms with Crippen LogP contribution in [0, 0.1) is 4.77 Å². The Morgan fingerprint density at radius 2 is 2.00 bits per heavy atom. The number of pyridine rings is 1. The molecule has 1 N–H and O–H groups in total. The van der Waals surface area contributed by atoms with Gasteiger partial charge in [0.05, 0.1) is 13.2 Å². The Labute approximate surface area is 136 Å². The fourth-order valence-electron chi connectivity index (χ4n) is 1.77. The van der Waals surface area contributed by atoms with E-state index in [4.69, 9.17) is 17.0 Å². The summed E-state index contributed by atoms with van der Waals surface area (Å²) in [7, 11) is 0. The molecule has 114 valence electrons. The van der Waals surface area contributed by atoms with Gasteiger partial charge in [-0.05, 0) is 30.9 Å². The summed E-state index contributed by atoms with van der Waals surface area (Å²) in [4.78, 5) is 2.39. The van der Waals surface area contributed by atoms with Gasteiger partial charge in [-0.2, -0.15) is 5.10 Å². The number of ether oxygens (including phenoxy) is 1. The molecule has 0 aromatic carbocycles. The zero-order valence-electron chi connectivity index (χ0n) is 11.3. The molecule has 0 spiro atoms. The van der Waals surface area contributed by atoms with Crippen molar-refractivity contribution < 1.29 is 4.74 Å². The van der Waals surface area contributed by atoms with Crippen LogP contribution in [0.2, 0.25) is 0 Å². The lowest BCUT2D eigenvalue weighted by atomic mass is 10.4. The number of fused-ring (bicyclic) bond motifs is 1. The van der Waals surface area contributed by atoms with Gasteiger partial charge in [-0.3, -0.25) is 14.4 Å². The third-order valence-electron chi connectivity index (χ3n) is 2.87. The highest BCUT2D eigenvalue weighted by atomic mass is 35.5. The highest BCUT2D eigenvalue weighted by molar-refractivity contribution is 7.71. The van der Waals surface area contributed by atoms with Crippen molar-refractivity contribution in [2.75, 3.05) is 32.8 Å². The molecule has 20 heavy (non-hydrogen) atoms. The van der Waals surface area contributed by atoms with Crippen molar-refractivity contribution in [3.05, 3.63) is 29.2 Å². The van der Waals surface area contributed by atoms with Crippen LogP contribution >= 0.6 is 37.0 Å². The normalized spacial score (nSPS) is 14.7. The lowest BCUT2D eigenvalue weighted by Crippen LogP contribution is -2.35. The van der Waals surface area contributed by atoms with Gasteiger partial charge in [0.2, 0.25) is 0 Å². The van der Waals surface area contributed by atoms with Crippen LogP contribution < -0.4 is 0 Å². The molecule has 1 aliphatic rings. The number of morpholine rings is 1. The maximum atomic E-state index is 5.16. The molecule has 5 nitrogen and oxygen atoms in total. The first-order chi connectivity index (χ1) is 8.81. The number of nitrogens with zero attached hydrogens (tertiary/aromatic N) is 3. The molecule has 1 aliphatic heterocycles. The highest BCUT2D eigenvalue weighted by Gasteiger charge is 2.05. The van der Waals surface area contributed by atoms with Crippen LogP contribution in [-0.4, -0.2) is 52.3 Å². The van der Waals surface area contributed by atoms with E-state index in [9.17, 15) is 0 Å². The predicted molar refractivity (Wildman–Crippen MR) is 87.8 cm³/mol. The number of halogens is 2. The summed E-state index contributed by atoms with van der Waals surface area (Å²) < 4.78 is 7.61. The Balaban J connectivity index is 0.000000336. The minimum atomic E-state index is 0. The number of aromatic amines is 1. The molecule has 1 saturated heterocycles. The number of likely N-dealkylation sites (N-methyl/N-ethyl adjacent to an activating group) is 1. The monoisotopic (exact) mass is 338 g/mol. The predicted octanol–water partition coefficient (Wildman–Crippen LogP) is 2.57. The van der Waals surface area contributed by atoms with Crippen molar-refractivity contribution in [1.82, 2.24) is 19.5 Å². The first-order valence-electron chi connectivity index (χ1n) is 6.13. The van der Waals surface area contributed by atoms with Crippen molar-refractivity contribution in [3.63, 3.8) is 0 Å². The van der Waals surface area contributed by atoms with Crippen LogP contribution in [-0.2, 0) is 4.74 Å². The summed E-state index contributed by atoms with van der Waals surface area (Å²) in [5.74, 6) is 0. The summed E-state index contributed by atoms with van der Waals surface area (Å²) in [6.07, 6.45) is 1.88. The van der Waals surface area contributed by atoms with Crippen molar-refractivity contribution >= 4 is 42.7 Å². The van der Waals surface area contributed by atoms with E-state index in [-0.39, 0.29) is 24.8 Å². The summed E-state index contributed by atoms with van der Waals surface area (Å²) in [5.41, 5.74) is 0.854. The van der Waals surface area contributed by atoms with Gasteiger partial charge in [0.1, 0.15) is 0 Å². The largest absolute Gasteiger partial charge is 0.379 e. The fraction of sp³-hybridized carbons (Fsp3) is 0.500. The quantitative estimate of drug-likeness (QED) is 0.811. The molecule has 8 heteroatoms. The van der Waals surface area contributed by atoms with Crippen LogP contribution in [0.1, 0.15) is 6.92 Å². The van der Waals surface area contributed by atoms with Crippen LogP contribution in [0.25, 0.3) is 5.65 Å². The van der Waals surface area contributed by atoms with Gasteiger partial charge in [0, 0.05) is 19.3 Å². The lowest BCUT2D eigenvalue weighted by molar-refractivity contribution is 0.0405. The van der Waals surface area contributed by atoms with Gasteiger partial charge in [-0.25, -0.2) is 0 Å². The van der Waals surface area contributed by atoms with E-state index in [0.29, 0.717) is 4.77 Å². The third-order valence-corrected chi connectivity index (χ3v) is 3.16. The average molecular weight is 339 g/mol. The number of hydrogen-bond acceptors (Lipinski definition) is 4. The first kappa shape index (κ1) is 19.3. The molecule has 3 rings (SSSR count). The summed E-state index contributed by atoms with van der Waals surface area (Å²) in [5, 5.41) is 6.66. The second-order valence-corrected chi connectivity index (χ2v) is 4.39. The van der Waals surface area contributed by atoms with Gasteiger partial charge in [-0.15, -0.1) is 24.8 Å². The smallest absolute Gasteiger partial charge is 0.199 e. The van der Waals surface area contributed by atoms with Crippen LogP contribution in [0.5, 0.6) is 0 Å². The Hall–Kier alpha value is -0.660. The molecule has 2 aromatic rings. The van der Waals surface area contributed by atoms with Crippen molar-refractivity contribution in [3.8, 4) is 0 Å². The van der Waals surface area contributed by atoms with E-state index >= 15 is 0 Å². The molecule has 0 radical (unpaired) electrons. The maximum absolute atomic E-state index is 5.16. The van der Waals surface area contributed by atoms with Gasteiger partial charge >= 0.3 is 0 Å². The van der Waals surface area contributed by atoms with Crippen molar-refractivity contribution in [2.24, 2.45) is 0 Å². The van der Waals surface area contributed by atoms with Gasteiger partial charge in [0.25, 0.3) is 0 Å². The van der Waals surface area contributed by atoms with Gasteiger partial charge < -0.3 is 4.74 Å². The fourth-order valence-corrected chi connectivity index (χ4v) is 1.97. The van der Waals surface area contributed by atoms with Crippen molar-refractivity contribution in [1.29, 1.82) is 0 Å². The molecule has 3 heterocycles. The summed E-state index contributed by atoms with van der Waals surface area (Å²) in [6, 6.07) is 5.73. The van der Waals surface area contributed by atoms with E-state index in [1.165, 1.54) is 6.54 Å². The molecular weight excluding hydrogens is 319 g/mol. The maximum Gasteiger partial charge on any atom is 0.199 e. The molecule has 0 saturated carbocycles. The average Bonchev–Trinajstić information content (AvgIpc) is 2.83. The lowest BCUT2D eigenvalue weighted by Gasteiger charge is -2.24. The van der Waals surface area contributed by atoms with Gasteiger partial charge in [0.15, 0.2) is 10.4 Å². The SMILES string of the molecule is CCN1CCOCC1.Cl.Cl.S=c1[nH]nc2ccccn12. The molecule has 0 bridgehead atoms. The zero-order valence-corrected chi connectivity index (χ0v) is 13.8. The Bertz CT molecular complexity index is 539. The van der Waals surface area contributed by atoms with E-state index < -0.39 is 0 Å².